The smallest absolute Gasteiger partial charge is 0.194 e. The highest BCUT2D eigenvalue weighted by atomic mass is 79.9. The van der Waals surface area contributed by atoms with Crippen molar-refractivity contribution in [1.29, 1.82) is 0 Å². The lowest BCUT2D eigenvalue weighted by Crippen LogP contribution is -2.39. The summed E-state index contributed by atoms with van der Waals surface area (Å²) in [6.45, 7) is 4.38. The average molecular weight is 424 g/mol. The summed E-state index contributed by atoms with van der Waals surface area (Å²) in [5.41, 5.74) is 2.40. The molecule has 0 aliphatic carbocycles. The molecule has 0 spiro atoms. The zero-order chi connectivity index (χ0) is 19.3. The van der Waals surface area contributed by atoms with Crippen LogP contribution in [-0.2, 0) is 20.6 Å². The van der Waals surface area contributed by atoms with Crippen molar-refractivity contribution in [3.8, 4) is 0 Å². The molecule has 2 heterocycles. The first-order valence-corrected chi connectivity index (χ1v) is 9.56. The molecule has 1 N–H and O–H groups in total. The van der Waals surface area contributed by atoms with Crippen LogP contribution in [0.5, 0.6) is 0 Å². The predicted molar refractivity (Wildman–Crippen MR) is 110 cm³/mol. The Kier molecular flexibility index (Phi) is 7.28. The molecule has 0 saturated heterocycles. The first kappa shape index (κ1) is 20.5. The van der Waals surface area contributed by atoms with Crippen molar-refractivity contribution < 1.29 is 0 Å². The fourth-order valence-corrected chi connectivity index (χ4v) is 3.43. The van der Waals surface area contributed by atoms with Crippen LogP contribution in [0, 0.1) is 0 Å². The van der Waals surface area contributed by atoms with E-state index in [9.17, 15) is 0 Å². The third-order valence-electron chi connectivity index (χ3n) is 4.32. The van der Waals surface area contributed by atoms with Crippen LogP contribution in [0.4, 0.5) is 0 Å². The molecule has 0 saturated carbocycles. The maximum absolute atomic E-state index is 4.89. The second-order valence-electron chi connectivity index (χ2n) is 6.74. The number of nitrogens with zero attached hydrogens (tertiary/aromatic N) is 6. The molecule has 0 amide bonds. The van der Waals surface area contributed by atoms with Crippen LogP contribution in [0.25, 0.3) is 0 Å². The summed E-state index contributed by atoms with van der Waals surface area (Å²) in [4.78, 5) is 9.22. The third-order valence-corrected chi connectivity index (χ3v) is 4.75. The standard InChI is InChI=1S/C18H30BrN7/c1-7-20-18(25(5)13-16-8-15(19)12-24(16)4)21-10-17(23(2)3)14-9-22-26(6)11-14/h8-9,11-12,17H,7,10,13H2,1-6H3,(H,20,21). The molecule has 2 aromatic heterocycles. The van der Waals surface area contributed by atoms with E-state index in [2.05, 4.69) is 94.3 Å². The maximum atomic E-state index is 4.89. The summed E-state index contributed by atoms with van der Waals surface area (Å²) in [5.74, 6) is 0.903. The first-order valence-electron chi connectivity index (χ1n) is 8.77. The molecule has 0 radical (unpaired) electrons. The molecule has 0 aliphatic rings. The average Bonchev–Trinajstić information content (AvgIpc) is 3.11. The monoisotopic (exact) mass is 423 g/mol. The molecule has 2 aromatic rings. The number of rotatable bonds is 7. The van der Waals surface area contributed by atoms with Gasteiger partial charge in [-0.1, -0.05) is 0 Å². The van der Waals surface area contributed by atoms with Crippen LogP contribution in [-0.4, -0.2) is 64.3 Å². The number of hydrogen-bond donors (Lipinski definition) is 1. The van der Waals surface area contributed by atoms with Gasteiger partial charge in [0.2, 0.25) is 0 Å². The molecule has 2 rings (SSSR count). The van der Waals surface area contributed by atoms with E-state index in [1.807, 2.05) is 17.9 Å². The highest BCUT2D eigenvalue weighted by Gasteiger charge is 2.17. The maximum Gasteiger partial charge on any atom is 0.194 e. The fraction of sp³-hybridized carbons (Fsp3) is 0.556. The molecule has 0 fully saturated rings. The van der Waals surface area contributed by atoms with Crippen LogP contribution < -0.4 is 5.32 Å². The van der Waals surface area contributed by atoms with Gasteiger partial charge in [0.25, 0.3) is 0 Å². The number of hydrogen-bond acceptors (Lipinski definition) is 3. The van der Waals surface area contributed by atoms with Crippen molar-refractivity contribution in [2.75, 3.05) is 34.2 Å². The van der Waals surface area contributed by atoms with Crippen LogP contribution in [0.1, 0.15) is 24.2 Å². The summed E-state index contributed by atoms with van der Waals surface area (Å²) in [7, 11) is 10.2. The van der Waals surface area contributed by atoms with Crippen LogP contribution >= 0.6 is 15.9 Å². The SMILES string of the molecule is CCNC(=NCC(c1cnn(C)c1)N(C)C)N(C)Cc1cc(Br)cn1C. The van der Waals surface area contributed by atoms with Gasteiger partial charge >= 0.3 is 0 Å². The van der Waals surface area contributed by atoms with Crippen molar-refractivity contribution >= 4 is 21.9 Å². The summed E-state index contributed by atoms with van der Waals surface area (Å²) in [6.07, 6.45) is 6.04. The molecule has 26 heavy (non-hydrogen) atoms. The molecule has 0 bridgehead atoms. The van der Waals surface area contributed by atoms with Crippen molar-refractivity contribution in [3.05, 3.63) is 40.4 Å². The van der Waals surface area contributed by atoms with Crippen molar-refractivity contribution in [1.82, 2.24) is 29.5 Å². The van der Waals surface area contributed by atoms with E-state index in [1.165, 1.54) is 11.3 Å². The van der Waals surface area contributed by atoms with Gasteiger partial charge in [0.1, 0.15) is 0 Å². The predicted octanol–water partition coefficient (Wildman–Crippen LogP) is 2.22. The molecular formula is C18H30BrN7. The molecule has 8 heteroatoms. The van der Waals surface area contributed by atoms with E-state index in [1.54, 1.807) is 0 Å². The Balaban J connectivity index is 2.14. The van der Waals surface area contributed by atoms with E-state index < -0.39 is 0 Å². The Morgan fingerprint density at radius 1 is 1.31 bits per heavy atom. The quantitative estimate of drug-likeness (QED) is 0.547. The minimum atomic E-state index is 0.190. The second kappa shape index (κ2) is 9.23. The normalized spacial score (nSPS) is 13.3. The van der Waals surface area contributed by atoms with Gasteiger partial charge in [-0.15, -0.1) is 0 Å². The Morgan fingerprint density at radius 3 is 2.54 bits per heavy atom. The van der Waals surface area contributed by atoms with Gasteiger partial charge in [0, 0.05) is 55.8 Å². The zero-order valence-electron chi connectivity index (χ0n) is 16.6. The number of guanidine groups is 1. The summed E-state index contributed by atoms with van der Waals surface area (Å²) in [5, 5.41) is 7.69. The third kappa shape index (κ3) is 5.35. The number of halogens is 1. The van der Waals surface area contributed by atoms with Crippen molar-refractivity contribution in [3.63, 3.8) is 0 Å². The van der Waals surface area contributed by atoms with E-state index in [-0.39, 0.29) is 6.04 Å². The molecule has 1 atom stereocenters. The van der Waals surface area contributed by atoms with Crippen molar-refractivity contribution in [2.24, 2.45) is 19.1 Å². The molecule has 0 aliphatic heterocycles. The lowest BCUT2D eigenvalue weighted by molar-refractivity contribution is 0.305. The molecule has 1 unspecified atom stereocenters. The van der Waals surface area contributed by atoms with E-state index in [4.69, 9.17) is 4.99 Å². The Bertz CT molecular complexity index is 732. The van der Waals surface area contributed by atoms with Gasteiger partial charge in [0.05, 0.1) is 25.3 Å². The van der Waals surface area contributed by atoms with E-state index >= 15 is 0 Å². The van der Waals surface area contributed by atoms with E-state index in [0.717, 1.165) is 23.5 Å². The molecule has 7 nitrogen and oxygen atoms in total. The lowest BCUT2D eigenvalue weighted by Gasteiger charge is -2.25. The minimum absolute atomic E-state index is 0.190. The number of likely N-dealkylation sites (N-methyl/N-ethyl adjacent to an activating group) is 1. The lowest BCUT2D eigenvalue weighted by atomic mass is 10.1. The highest BCUT2D eigenvalue weighted by Crippen LogP contribution is 2.18. The molecular weight excluding hydrogens is 394 g/mol. The number of aryl methyl sites for hydroxylation is 2. The van der Waals surface area contributed by atoms with Crippen LogP contribution in [0.3, 0.4) is 0 Å². The van der Waals surface area contributed by atoms with Crippen molar-refractivity contribution in [2.45, 2.75) is 19.5 Å². The minimum Gasteiger partial charge on any atom is -0.357 e. The van der Waals surface area contributed by atoms with Crippen LogP contribution in [0.15, 0.2) is 34.1 Å². The van der Waals surface area contributed by atoms with Crippen LogP contribution in [0.2, 0.25) is 0 Å². The first-order chi connectivity index (χ1) is 12.3. The van der Waals surface area contributed by atoms with E-state index in [0.29, 0.717) is 6.54 Å². The van der Waals surface area contributed by atoms with Gasteiger partial charge < -0.3 is 19.7 Å². The highest BCUT2D eigenvalue weighted by molar-refractivity contribution is 9.10. The summed E-state index contributed by atoms with van der Waals surface area (Å²) in [6, 6.07) is 2.33. The van der Waals surface area contributed by atoms with Gasteiger partial charge in [-0.25, -0.2) is 0 Å². The fourth-order valence-electron chi connectivity index (χ4n) is 2.86. The summed E-state index contributed by atoms with van der Waals surface area (Å²) < 4.78 is 5.05. The molecule has 144 valence electrons. The van der Waals surface area contributed by atoms with Gasteiger partial charge in [-0.3, -0.25) is 9.67 Å². The topological polar surface area (TPSA) is 53.6 Å². The number of aromatic nitrogens is 3. The summed E-state index contributed by atoms with van der Waals surface area (Å²) >= 11 is 3.54. The second-order valence-corrected chi connectivity index (χ2v) is 7.65. The molecule has 0 aromatic carbocycles. The van der Waals surface area contributed by atoms with Gasteiger partial charge in [-0.2, -0.15) is 5.10 Å². The Hall–Kier alpha value is -1.80. The Morgan fingerprint density at radius 2 is 2.04 bits per heavy atom. The Labute approximate surface area is 164 Å². The number of nitrogens with one attached hydrogen (secondary N) is 1. The zero-order valence-corrected chi connectivity index (χ0v) is 18.2. The number of aliphatic imine (C=N–C) groups is 1. The van der Waals surface area contributed by atoms with Gasteiger partial charge in [-0.05, 0) is 43.0 Å². The van der Waals surface area contributed by atoms with Gasteiger partial charge in [0.15, 0.2) is 5.96 Å². The largest absolute Gasteiger partial charge is 0.357 e.